The van der Waals surface area contributed by atoms with E-state index >= 15 is 0 Å². The molecule has 1 amide bonds. The van der Waals surface area contributed by atoms with Gasteiger partial charge in [0.05, 0.1) is 24.9 Å². The highest BCUT2D eigenvalue weighted by Crippen LogP contribution is 2.26. The first kappa shape index (κ1) is 20.5. The van der Waals surface area contributed by atoms with Crippen LogP contribution in [-0.2, 0) is 0 Å². The van der Waals surface area contributed by atoms with Crippen molar-refractivity contribution in [1.82, 2.24) is 10.2 Å². The summed E-state index contributed by atoms with van der Waals surface area (Å²) >= 11 is 0. The predicted octanol–water partition coefficient (Wildman–Crippen LogP) is 2.30. The van der Waals surface area contributed by atoms with Crippen LogP contribution in [0.4, 0.5) is 0 Å². The lowest BCUT2D eigenvalue weighted by Crippen LogP contribution is -2.43. The molecule has 1 aromatic rings. The summed E-state index contributed by atoms with van der Waals surface area (Å²) < 4.78 is 10.9. The van der Waals surface area contributed by atoms with Crippen molar-refractivity contribution in [3.8, 4) is 11.5 Å². The van der Waals surface area contributed by atoms with Gasteiger partial charge < -0.3 is 24.8 Å². The third-order valence-corrected chi connectivity index (χ3v) is 4.64. The standard InChI is InChI=1S/C20H32N2O4/c1-14(2)26-19-11-17(25-4)5-6-18(19)20(24)21-12-16(23)13-22-9-7-15(3)8-10-22/h5-6,11,14-16,23H,7-10,12-13H2,1-4H3,(H,21,24). The number of hydrogen-bond donors (Lipinski definition) is 2. The van der Waals surface area contributed by atoms with E-state index in [9.17, 15) is 9.90 Å². The number of likely N-dealkylation sites (tertiary alicyclic amines) is 1. The van der Waals surface area contributed by atoms with Crippen molar-refractivity contribution in [2.45, 2.75) is 45.8 Å². The molecule has 6 nitrogen and oxygen atoms in total. The van der Waals surface area contributed by atoms with E-state index in [2.05, 4.69) is 17.1 Å². The fourth-order valence-corrected chi connectivity index (χ4v) is 3.08. The van der Waals surface area contributed by atoms with Crippen LogP contribution in [0.3, 0.4) is 0 Å². The highest BCUT2D eigenvalue weighted by molar-refractivity contribution is 5.97. The van der Waals surface area contributed by atoms with Gasteiger partial charge in [-0.25, -0.2) is 0 Å². The van der Waals surface area contributed by atoms with Crippen LogP contribution in [-0.4, -0.2) is 61.4 Å². The lowest BCUT2D eigenvalue weighted by Gasteiger charge is -2.31. The molecule has 1 aliphatic rings. The number of ether oxygens (including phenoxy) is 2. The van der Waals surface area contributed by atoms with Crippen molar-refractivity contribution < 1.29 is 19.4 Å². The number of amides is 1. The van der Waals surface area contributed by atoms with Gasteiger partial charge in [0.25, 0.3) is 5.91 Å². The monoisotopic (exact) mass is 364 g/mol. The molecule has 1 saturated heterocycles. The molecule has 146 valence electrons. The Labute approximate surface area is 156 Å². The minimum Gasteiger partial charge on any atom is -0.497 e. The van der Waals surface area contributed by atoms with Gasteiger partial charge in [0.1, 0.15) is 11.5 Å². The van der Waals surface area contributed by atoms with Crippen molar-refractivity contribution in [3.05, 3.63) is 23.8 Å². The van der Waals surface area contributed by atoms with Crippen LogP contribution in [0.2, 0.25) is 0 Å². The van der Waals surface area contributed by atoms with Crippen molar-refractivity contribution in [1.29, 1.82) is 0 Å². The number of carbonyl (C=O) groups is 1. The SMILES string of the molecule is COc1ccc(C(=O)NCC(O)CN2CCC(C)CC2)c(OC(C)C)c1. The van der Waals surface area contributed by atoms with E-state index in [-0.39, 0.29) is 18.6 Å². The first-order valence-electron chi connectivity index (χ1n) is 9.42. The Bertz CT molecular complexity index is 583. The minimum atomic E-state index is -0.583. The van der Waals surface area contributed by atoms with Crippen LogP contribution in [0.25, 0.3) is 0 Å². The van der Waals surface area contributed by atoms with Crippen LogP contribution >= 0.6 is 0 Å². The van der Waals surface area contributed by atoms with E-state index in [1.807, 2.05) is 13.8 Å². The number of aliphatic hydroxyl groups is 1. The Balaban J connectivity index is 1.90. The maximum Gasteiger partial charge on any atom is 0.255 e. The Hall–Kier alpha value is -1.79. The molecule has 0 aliphatic carbocycles. The number of nitrogens with zero attached hydrogens (tertiary/aromatic N) is 1. The highest BCUT2D eigenvalue weighted by Gasteiger charge is 2.20. The van der Waals surface area contributed by atoms with Crippen molar-refractivity contribution >= 4 is 5.91 Å². The van der Waals surface area contributed by atoms with Crippen LogP contribution < -0.4 is 14.8 Å². The molecule has 0 spiro atoms. The zero-order chi connectivity index (χ0) is 19.1. The topological polar surface area (TPSA) is 71.0 Å². The number of carbonyl (C=O) groups excluding carboxylic acids is 1. The number of methoxy groups -OCH3 is 1. The minimum absolute atomic E-state index is 0.0549. The number of β-amino-alcohol motifs (C(OH)–C–C–N with tert-alkyl or cyclic N) is 1. The Morgan fingerprint density at radius 3 is 2.65 bits per heavy atom. The van der Waals surface area contributed by atoms with Gasteiger partial charge in [-0.2, -0.15) is 0 Å². The molecule has 1 aromatic carbocycles. The fraction of sp³-hybridized carbons (Fsp3) is 0.650. The predicted molar refractivity (Wildman–Crippen MR) is 102 cm³/mol. The molecule has 1 unspecified atom stereocenters. The normalized spacial score (nSPS) is 17.2. The van der Waals surface area contributed by atoms with Gasteiger partial charge in [-0.3, -0.25) is 4.79 Å². The summed E-state index contributed by atoms with van der Waals surface area (Å²) in [6.45, 7) is 8.91. The molecule has 0 bridgehead atoms. The number of benzene rings is 1. The molecule has 1 fully saturated rings. The molecule has 2 N–H and O–H groups in total. The lowest BCUT2D eigenvalue weighted by molar-refractivity contribution is 0.0792. The van der Waals surface area contributed by atoms with E-state index < -0.39 is 6.10 Å². The third kappa shape index (κ3) is 6.18. The van der Waals surface area contributed by atoms with Crippen molar-refractivity contribution in [2.75, 3.05) is 33.3 Å². The zero-order valence-electron chi connectivity index (χ0n) is 16.3. The van der Waals surface area contributed by atoms with E-state index in [1.165, 1.54) is 12.8 Å². The summed E-state index contributed by atoms with van der Waals surface area (Å²) in [4.78, 5) is 14.8. The number of aliphatic hydroxyl groups excluding tert-OH is 1. The van der Waals surface area contributed by atoms with Crippen LogP contribution in [0.5, 0.6) is 11.5 Å². The molecule has 1 atom stereocenters. The van der Waals surface area contributed by atoms with Gasteiger partial charge in [0.2, 0.25) is 0 Å². The molecule has 1 aliphatic heterocycles. The molecule has 2 rings (SSSR count). The van der Waals surface area contributed by atoms with Gasteiger partial charge in [0.15, 0.2) is 0 Å². The highest BCUT2D eigenvalue weighted by atomic mass is 16.5. The van der Waals surface area contributed by atoms with Gasteiger partial charge in [-0.1, -0.05) is 6.92 Å². The van der Waals surface area contributed by atoms with Crippen molar-refractivity contribution in [2.24, 2.45) is 5.92 Å². The Morgan fingerprint density at radius 1 is 1.35 bits per heavy atom. The first-order chi connectivity index (χ1) is 12.4. The number of nitrogens with one attached hydrogen (secondary N) is 1. The summed E-state index contributed by atoms with van der Waals surface area (Å²) in [5, 5.41) is 13.1. The second kappa shape index (κ2) is 9.78. The lowest BCUT2D eigenvalue weighted by atomic mass is 9.99. The van der Waals surface area contributed by atoms with E-state index in [4.69, 9.17) is 9.47 Å². The maximum absolute atomic E-state index is 12.5. The van der Waals surface area contributed by atoms with Crippen molar-refractivity contribution in [3.63, 3.8) is 0 Å². The number of piperidine rings is 1. The quantitative estimate of drug-likeness (QED) is 0.741. The summed E-state index contributed by atoms with van der Waals surface area (Å²) in [6, 6.07) is 5.12. The van der Waals surface area contributed by atoms with Crippen LogP contribution in [0, 0.1) is 5.92 Å². The second-order valence-corrected chi connectivity index (χ2v) is 7.38. The van der Waals surface area contributed by atoms with E-state index in [0.717, 1.165) is 19.0 Å². The van der Waals surface area contributed by atoms with Gasteiger partial charge in [0, 0.05) is 19.2 Å². The zero-order valence-corrected chi connectivity index (χ0v) is 16.3. The largest absolute Gasteiger partial charge is 0.497 e. The Kier molecular flexibility index (Phi) is 7.72. The van der Waals surface area contributed by atoms with E-state index in [1.54, 1.807) is 25.3 Å². The summed E-state index contributed by atoms with van der Waals surface area (Å²) in [5.74, 6) is 1.63. The average Bonchev–Trinajstić information content (AvgIpc) is 2.61. The molecule has 26 heavy (non-hydrogen) atoms. The summed E-state index contributed by atoms with van der Waals surface area (Å²) in [7, 11) is 1.58. The summed E-state index contributed by atoms with van der Waals surface area (Å²) in [6.07, 6.45) is 1.70. The molecular formula is C20H32N2O4. The van der Waals surface area contributed by atoms with Gasteiger partial charge >= 0.3 is 0 Å². The molecular weight excluding hydrogens is 332 g/mol. The summed E-state index contributed by atoms with van der Waals surface area (Å²) in [5.41, 5.74) is 0.443. The average molecular weight is 364 g/mol. The number of hydrogen-bond acceptors (Lipinski definition) is 5. The van der Waals surface area contributed by atoms with E-state index in [0.29, 0.717) is 23.6 Å². The fourth-order valence-electron chi connectivity index (χ4n) is 3.08. The first-order valence-corrected chi connectivity index (χ1v) is 9.42. The molecule has 0 radical (unpaired) electrons. The Morgan fingerprint density at radius 2 is 2.04 bits per heavy atom. The molecule has 0 saturated carbocycles. The van der Waals surface area contributed by atoms with Gasteiger partial charge in [-0.05, 0) is 57.8 Å². The molecule has 1 heterocycles. The second-order valence-electron chi connectivity index (χ2n) is 7.38. The molecule has 6 heteroatoms. The molecule has 0 aromatic heterocycles. The van der Waals surface area contributed by atoms with Crippen LogP contribution in [0.1, 0.15) is 44.0 Å². The maximum atomic E-state index is 12.5. The third-order valence-electron chi connectivity index (χ3n) is 4.64. The van der Waals surface area contributed by atoms with Crippen LogP contribution in [0.15, 0.2) is 18.2 Å². The van der Waals surface area contributed by atoms with Gasteiger partial charge in [-0.15, -0.1) is 0 Å². The number of rotatable bonds is 8. The smallest absolute Gasteiger partial charge is 0.255 e.